The maximum Gasteiger partial charge on any atom is 0.0705 e. The van der Waals surface area contributed by atoms with Crippen molar-refractivity contribution >= 4 is 38.4 Å². The van der Waals surface area contributed by atoms with E-state index in [1.54, 1.807) is 0 Å². The molecule has 0 bridgehead atoms. The van der Waals surface area contributed by atoms with E-state index in [0.29, 0.717) is 6.54 Å². The highest BCUT2D eigenvalue weighted by molar-refractivity contribution is 9.10. The van der Waals surface area contributed by atoms with Crippen LogP contribution in [-0.4, -0.2) is 4.98 Å². The third-order valence-electron chi connectivity index (χ3n) is 3.67. The Morgan fingerprint density at radius 3 is 2.57 bits per heavy atom. The largest absolute Gasteiger partial charge is 0.356 e. The van der Waals surface area contributed by atoms with Gasteiger partial charge in [-0.25, -0.2) is 0 Å². The Kier molecular flexibility index (Phi) is 4.34. The van der Waals surface area contributed by atoms with Crippen LogP contribution in [0.2, 0.25) is 5.02 Å². The van der Waals surface area contributed by atoms with Gasteiger partial charge in [-0.1, -0.05) is 57.9 Å². The van der Waals surface area contributed by atoms with Crippen molar-refractivity contribution in [1.82, 2.24) is 10.3 Å². The number of fused-ring (bicyclic) bond motifs is 1. The predicted molar refractivity (Wildman–Crippen MR) is 92.7 cm³/mol. The van der Waals surface area contributed by atoms with Crippen LogP contribution in [0, 0.1) is 0 Å². The number of H-pyrrole nitrogens is 1. The van der Waals surface area contributed by atoms with Gasteiger partial charge in [0, 0.05) is 33.7 Å². The number of para-hydroxylation sites is 1. The number of rotatable bonds is 4. The molecule has 0 aliphatic heterocycles. The second-order valence-electron chi connectivity index (χ2n) is 5.12. The number of nitrogens with one attached hydrogen (secondary N) is 2. The van der Waals surface area contributed by atoms with Crippen LogP contribution in [0.1, 0.15) is 24.2 Å². The molecule has 0 radical (unpaired) electrons. The van der Waals surface area contributed by atoms with E-state index < -0.39 is 0 Å². The third-order valence-corrected chi connectivity index (χ3v) is 4.63. The minimum absolute atomic E-state index is 0.264. The molecule has 1 aromatic heterocycles. The van der Waals surface area contributed by atoms with Gasteiger partial charge >= 0.3 is 0 Å². The van der Waals surface area contributed by atoms with Crippen LogP contribution in [0.5, 0.6) is 0 Å². The van der Waals surface area contributed by atoms with Crippen molar-refractivity contribution in [3.05, 3.63) is 69.3 Å². The van der Waals surface area contributed by atoms with E-state index in [-0.39, 0.29) is 6.04 Å². The topological polar surface area (TPSA) is 27.8 Å². The van der Waals surface area contributed by atoms with Crippen LogP contribution in [-0.2, 0) is 6.54 Å². The fourth-order valence-electron chi connectivity index (χ4n) is 2.41. The quantitative estimate of drug-likeness (QED) is 0.635. The number of hydrogen-bond acceptors (Lipinski definition) is 1. The number of aromatic nitrogens is 1. The Bertz CT molecular complexity index is 749. The molecule has 2 nitrogen and oxygen atoms in total. The van der Waals surface area contributed by atoms with Crippen molar-refractivity contribution in [2.45, 2.75) is 19.5 Å². The molecule has 0 fully saturated rings. The molecular weight excluding hydrogens is 348 g/mol. The molecule has 4 heteroatoms. The van der Waals surface area contributed by atoms with Gasteiger partial charge in [-0.05, 0) is 30.7 Å². The monoisotopic (exact) mass is 362 g/mol. The predicted octanol–water partition coefficient (Wildman–Crippen LogP) is 5.43. The van der Waals surface area contributed by atoms with Crippen LogP contribution in [0.15, 0.2) is 53.0 Å². The minimum Gasteiger partial charge on any atom is -0.356 e. The standard InChI is InChI=1S/C17H16BrClN2/c1-11(12-6-8-13(18)9-7-12)20-10-16-17(19)14-4-2-3-5-15(14)21-16/h2-9,11,20-21H,10H2,1H3/t11-/m0/s1. The molecule has 0 saturated carbocycles. The lowest BCUT2D eigenvalue weighted by Crippen LogP contribution is -2.18. The Morgan fingerprint density at radius 1 is 1.14 bits per heavy atom. The zero-order chi connectivity index (χ0) is 14.8. The molecule has 2 N–H and O–H groups in total. The molecule has 1 heterocycles. The van der Waals surface area contributed by atoms with Gasteiger partial charge < -0.3 is 10.3 Å². The first-order valence-corrected chi connectivity index (χ1v) is 8.06. The first kappa shape index (κ1) is 14.6. The molecule has 0 spiro atoms. The molecule has 2 aromatic carbocycles. The zero-order valence-electron chi connectivity index (χ0n) is 11.7. The van der Waals surface area contributed by atoms with E-state index in [2.05, 4.69) is 57.4 Å². The fourth-order valence-corrected chi connectivity index (χ4v) is 2.95. The normalized spacial score (nSPS) is 12.7. The summed E-state index contributed by atoms with van der Waals surface area (Å²) in [6, 6.07) is 16.7. The molecule has 0 unspecified atom stereocenters. The summed E-state index contributed by atoms with van der Waals surface area (Å²) < 4.78 is 1.09. The Morgan fingerprint density at radius 2 is 1.86 bits per heavy atom. The van der Waals surface area contributed by atoms with Gasteiger partial charge in [-0.3, -0.25) is 0 Å². The van der Waals surface area contributed by atoms with Crippen LogP contribution >= 0.6 is 27.5 Å². The summed E-state index contributed by atoms with van der Waals surface area (Å²) in [4.78, 5) is 3.38. The Balaban J connectivity index is 1.74. The van der Waals surface area contributed by atoms with Crippen molar-refractivity contribution in [2.75, 3.05) is 0 Å². The number of aromatic amines is 1. The summed E-state index contributed by atoms with van der Waals surface area (Å²) in [5, 5.41) is 5.39. The highest BCUT2D eigenvalue weighted by atomic mass is 79.9. The molecule has 0 saturated heterocycles. The zero-order valence-corrected chi connectivity index (χ0v) is 14.0. The second-order valence-corrected chi connectivity index (χ2v) is 6.41. The third kappa shape index (κ3) is 3.15. The second kappa shape index (κ2) is 6.22. The maximum atomic E-state index is 6.43. The van der Waals surface area contributed by atoms with Crippen molar-refractivity contribution in [3.8, 4) is 0 Å². The van der Waals surface area contributed by atoms with Gasteiger partial charge in [-0.2, -0.15) is 0 Å². The summed E-state index contributed by atoms with van der Waals surface area (Å²) >= 11 is 9.89. The number of benzene rings is 2. The lowest BCUT2D eigenvalue weighted by atomic mass is 10.1. The molecule has 0 aliphatic rings. The van der Waals surface area contributed by atoms with Crippen molar-refractivity contribution in [3.63, 3.8) is 0 Å². The molecular formula is C17H16BrClN2. The van der Waals surface area contributed by atoms with E-state index in [4.69, 9.17) is 11.6 Å². The van der Waals surface area contributed by atoms with Crippen molar-refractivity contribution in [2.24, 2.45) is 0 Å². The van der Waals surface area contributed by atoms with Gasteiger partial charge in [-0.15, -0.1) is 0 Å². The average molecular weight is 364 g/mol. The van der Waals surface area contributed by atoms with Gasteiger partial charge in [0.2, 0.25) is 0 Å². The molecule has 0 aliphatic carbocycles. The highest BCUT2D eigenvalue weighted by Gasteiger charge is 2.10. The van der Waals surface area contributed by atoms with Gasteiger partial charge in [0.15, 0.2) is 0 Å². The maximum absolute atomic E-state index is 6.43. The molecule has 21 heavy (non-hydrogen) atoms. The smallest absolute Gasteiger partial charge is 0.0705 e. The fraction of sp³-hybridized carbons (Fsp3) is 0.176. The van der Waals surface area contributed by atoms with Crippen molar-refractivity contribution < 1.29 is 0 Å². The minimum atomic E-state index is 0.264. The lowest BCUT2D eigenvalue weighted by molar-refractivity contribution is 0.569. The number of hydrogen-bond donors (Lipinski definition) is 2. The van der Waals surface area contributed by atoms with Crippen LogP contribution in [0.4, 0.5) is 0 Å². The van der Waals surface area contributed by atoms with Gasteiger partial charge in [0.25, 0.3) is 0 Å². The van der Waals surface area contributed by atoms with E-state index in [1.807, 2.05) is 24.3 Å². The Hall–Kier alpha value is -1.29. The number of halogens is 2. The average Bonchev–Trinajstić information content (AvgIpc) is 2.82. The lowest BCUT2D eigenvalue weighted by Gasteiger charge is -2.14. The summed E-state index contributed by atoms with van der Waals surface area (Å²) in [6.07, 6.45) is 0. The summed E-state index contributed by atoms with van der Waals surface area (Å²) in [7, 11) is 0. The van der Waals surface area contributed by atoms with E-state index >= 15 is 0 Å². The van der Waals surface area contributed by atoms with Crippen LogP contribution < -0.4 is 5.32 Å². The van der Waals surface area contributed by atoms with Gasteiger partial charge in [0.1, 0.15) is 0 Å². The summed E-state index contributed by atoms with van der Waals surface area (Å²) in [5.74, 6) is 0. The van der Waals surface area contributed by atoms with Gasteiger partial charge in [0.05, 0.1) is 5.02 Å². The first-order valence-electron chi connectivity index (χ1n) is 6.89. The van der Waals surface area contributed by atoms with Crippen molar-refractivity contribution in [1.29, 1.82) is 0 Å². The van der Waals surface area contributed by atoms with E-state index in [0.717, 1.165) is 26.1 Å². The highest BCUT2D eigenvalue weighted by Crippen LogP contribution is 2.27. The SMILES string of the molecule is C[C@H](NCc1[nH]c2ccccc2c1Cl)c1ccc(Br)cc1. The Labute approximate surface area is 137 Å². The molecule has 1 atom stereocenters. The molecule has 108 valence electrons. The van der Waals surface area contributed by atoms with Crippen LogP contribution in [0.25, 0.3) is 10.9 Å². The van der Waals surface area contributed by atoms with Crippen LogP contribution in [0.3, 0.4) is 0 Å². The van der Waals surface area contributed by atoms with E-state index in [9.17, 15) is 0 Å². The summed E-state index contributed by atoms with van der Waals surface area (Å²) in [5.41, 5.74) is 3.36. The van der Waals surface area contributed by atoms with E-state index in [1.165, 1.54) is 5.56 Å². The molecule has 3 aromatic rings. The molecule has 3 rings (SSSR count). The first-order chi connectivity index (χ1) is 10.1. The molecule has 0 amide bonds. The summed E-state index contributed by atoms with van der Waals surface area (Å²) in [6.45, 7) is 2.87.